The van der Waals surface area contributed by atoms with Crippen molar-refractivity contribution in [3.63, 3.8) is 0 Å². The van der Waals surface area contributed by atoms with Gasteiger partial charge in [0, 0.05) is 23.3 Å². The lowest BCUT2D eigenvalue weighted by Gasteiger charge is -2.03. The molecule has 0 N–H and O–H groups in total. The Balaban J connectivity index is 2.21. The van der Waals surface area contributed by atoms with Crippen molar-refractivity contribution in [3.8, 4) is 0 Å². The molecule has 0 bridgehead atoms. The summed E-state index contributed by atoms with van der Waals surface area (Å²) in [7, 11) is 0. The van der Waals surface area contributed by atoms with Gasteiger partial charge >= 0.3 is 0 Å². The number of carbonyl (C=O) groups excluding carboxylic acids is 1. The van der Waals surface area contributed by atoms with Crippen molar-refractivity contribution in [1.29, 1.82) is 0 Å². The third kappa shape index (κ3) is 1.69. The lowest BCUT2D eigenvalue weighted by molar-refractivity contribution is 0.104. The molecule has 2 aromatic heterocycles. The zero-order chi connectivity index (χ0) is 12.5. The lowest BCUT2D eigenvalue weighted by Crippen LogP contribution is -2.01. The zero-order valence-corrected chi connectivity index (χ0v) is 10.0. The maximum atomic E-state index is 12.4. The summed E-state index contributed by atoms with van der Waals surface area (Å²) in [5, 5.41) is 1.89. The molecular formula is C14H8ClNO2. The lowest BCUT2D eigenvalue weighted by atomic mass is 10.0. The molecule has 0 saturated carbocycles. The molecule has 3 aromatic rings. The van der Waals surface area contributed by atoms with Crippen LogP contribution in [-0.4, -0.2) is 10.8 Å². The van der Waals surface area contributed by atoms with Gasteiger partial charge in [-0.05, 0) is 29.1 Å². The molecule has 4 heteroatoms. The summed E-state index contributed by atoms with van der Waals surface area (Å²) in [5.41, 5.74) is 0.942. The molecule has 0 radical (unpaired) electrons. The van der Waals surface area contributed by atoms with Gasteiger partial charge in [0.05, 0.1) is 11.8 Å². The van der Waals surface area contributed by atoms with E-state index in [4.69, 9.17) is 16.0 Å². The van der Waals surface area contributed by atoms with Gasteiger partial charge in [-0.15, -0.1) is 0 Å². The number of hydrogen-bond donors (Lipinski definition) is 0. The third-order valence-corrected chi connectivity index (χ3v) is 3.08. The Bertz CT molecular complexity index is 728. The number of carbonyl (C=O) groups is 1. The molecule has 2 heterocycles. The molecule has 0 amide bonds. The molecule has 0 spiro atoms. The van der Waals surface area contributed by atoms with Crippen molar-refractivity contribution < 1.29 is 9.21 Å². The molecule has 88 valence electrons. The van der Waals surface area contributed by atoms with Gasteiger partial charge in [0.25, 0.3) is 0 Å². The highest BCUT2D eigenvalue weighted by atomic mass is 35.5. The van der Waals surface area contributed by atoms with Gasteiger partial charge in [0.15, 0.2) is 5.78 Å². The highest BCUT2D eigenvalue weighted by Crippen LogP contribution is 2.24. The van der Waals surface area contributed by atoms with Gasteiger partial charge in [-0.3, -0.25) is 9.78 Å². The van der Waals surface area contributed by atoms with E-state index in [2.05, 4.69) is 4.98 Å². The van der Waals surface area contributed by atoms with Crippen LogP contribution in [0.25, 0.3) is 10.8 Å². The summed E-state index contributed by atoms with van der Waals surface area (Å²) < 4.78 is 4.95. The highest BCUT2D eigenvalue weighted by molar-refractivity contribution is 6.34. The Kier molecular flexibility index (Phi) is 2.61. The monoisotopic (exact) mass is 257 g/mol. The SMILES string of the molecule is O=C(c1ccoc1Cl)c1cccc2ccncc12. The van der Waals surface area contributed by atoms with Crippen LogP contribution in [-0.2, 0) is 0 Å². The molecule has 0 unspecified atom stereocenters. The quantitative estimate of drug-likeness (QED) is 0.657. The molecule has 0 aliphatic carbocycles. The summed E-state index contributed by atoms with van der Waals surface area (Å²) >= 11 is 5.83. The summed E-state index contributed by atoms with van der Waals surface area (Å²) in [6.07, 6.45) is 4.77. The minimum Gasteiger partial charge on any atom is -0.452 e. The average molecular weight is 258 g/mol. The number of ketones is 1. The number of benzene rings is 1. The van der Waals surface area contributed by atoms with Gasteiger partial charge < -0.3 is 4.42 Å². The van der Waals surface area contributed by atoms with Gasteiger partial charge in [0.1, 0.15) is 0 Å². The van der Waals surface area contributed by atoms with E-state index < -0.39 is 0 Å². The fourth-order valence-corrected chi connectivity index (χ4v) is 2.11. The number of hydrogen-bond acceptors (Lipinski definition) is 3. The van der Waals surface area contributed by atoms with Crippen molar-refractivity contribution in [1.82, 2.24) is 4.98 Å². The van der Waals surface area contributed by atoms with Crippen molar-refractivity contribution in [2.75, 3.05) is 0 Å². The maximum Gasteiger partial charge on any atom is 0.204 e. The second-order valence-electron chi connectivity index (χ2n) is 3.84. The standard InChI is InChI=1S/C14H8ClNO2/c15-14-11(5-7-18-14)13(17)10-3-1-2-9-4-6-16-8-12(9)10/h1-8H. The third-order valence-electron chi connectivity index (χ3n) is 2.79. The first-order valence-corrected chi connectivity index (χ1v) is 5.75. The van der Waals surface area contributed by atoms with E-state index in [0.29, 0.717) is 11.1 Å². The Morgan fingerprint density at radius 2 is 2.06 bits per heavy atom. The first-order valence-electron chi connectivity index (χ1n) is 5.38. The van der Waals surface area contributed by atoms with Crippen LogP contribution in [0.1, 0.15) is 15.9 Å². The van der Waals surface area contributed by atoms with Crippen LogP contribution >= 0.6 is 11.6 Å². The Morgan fingerprint density at radius 3 is 2.83 bits per heavy atom. The number of furan rings is 1. The molecule has 18 heavy (non-hydrogen) atoms. The predicted octanol–water partition coefficient (Wildman–Crippen LogP) is 3.71. The largest absolute Gasteiger partial charge is 0.452 e. The number of rotatable bonds is 2. The van der Waals surface area contributed by atoms with E-state index in [9.17, 15) is 4.79 Å². The zero-order valence-electron chi connectivity index (χ0n) is 9.26. The predicted molar refractivity (Wildman–Crippen MR) is 68.9 cm³/mol. The Hall–Kier alpha value is -2.13. The molecule has 0 saturated heterocycles. The Labute approximate surface area is 108 Å². The smallest absolute Gasteiger partial charge is 0.204 e. The van der Waals surface area contributed by atoms with Crippen LogP contribution in [0.3, 0.4) is 0 Å². The molecule has 0 aliphatic rings. The molecule has 1 aromatic carbocycles. The van der Waals surface area contributed by atoms with Crippen LogP contribution in [0.5, 0.6) is 0 Å². The fraction of sp³-hybridized carbons (Fsp3) is 0. The number of aromatic nitrogens is 1. The molecule has 3 rings (SSSR count). The van der Waals surface area contributed by atoms with Gasteiger partial charge in [-0.2, -0.15) is 0 Å². The van der Waals surface area contributed by atoms with E-state index in [1.165, 1.54) is 6.26 Å². The van der Waals surface area contributed by atoms with Gasteiger partial charge in [-0.25, -0.2) is 0 Å². The first-order chi connectivity index (χ1) is 8.77. The van der Waals surface area contributed by atoms with Crippen molar-refractivity contribution in [3.05, 3.63) is 65.3 Å². The van der Waals surface area contributed by atoms with Crippen LogP contribution < -0.4 is 0 Å². The van der Waals surface area contributed by atoms with Crippen LogP contribution in [0.15, 0.2) is 53.4 Å². The average Bonchev–Trinajstić information content (AvgIpc) is 2.83. The minimum absolute atomic E-state index is 0.112. The molecule has 0 fully saturated rings. The fourth-order valence-electron chi connectivity index (χ4n) is 1.91. The molecular weight excluding hydrogens is 250 g/mol. The van der Waals surface area contributed by atoms with Crippen molar-refractivity contribution >= 4 is 28.2 Å². The summed E-state index contributed by atoms with van der Waals surface area (Å²) in [4.78, 5) is 16.4. The molecule has 0 aliphatic heterocycles. The second-order valence-corrected chi connectivity index (χ2v) is 4.18. The van der Waals surface area contributed by atoms with Crippen molar-refractivity contribution in [2.45, 2.75) is 0 Å². The van der Waals surface area contributed by atoms with E-state index in [1.54, 1.807) is 24.5 Å². The maximum absolute atomic E-state index is 12.4. The summed E-state index contributed by atoms with van der Waals surface area (Å²) in [6, 6.07) is 8.97. The number of nitrogens with zero attached hydrogens (tertiary/aromatic N) is 1. The van der Waals surface area contributed by atoms with E-state index in [-0.39, 0.29) is 11.0 Å². The summed E-state index contributed by atoms with van der Waals surface area (Å²) in [5.74, 6) is -0.160. The van der Waals surface area contributed by atoms with Gasteiger partial charge in [-0.1, -0.05) is 18.2 Å². The summed E-state index contributed by atoms with van der Waals surface area (Å²) in [6.45, 7) is 0. The minimum atomic E-state index is -0.160. The first kappa shape index (κ1) is 11.0. The normalized spacial score (nSPS) is 10.7. The number of pyridine rings is 1. The van der Waals surface area contributed by atoms with E-state index in [0.717, 1.165) is 10.8 Å². The van der Waals surface area contributed by atoms with Gasteiger partial charge in [0.2, 0.25) is 5.22 Å². The van der Waals surface area contributed by atoms with Crippen LogP contribution in [0.4, 0.5) is 0 Å². The van der Waals surface area contributed by atoms with Crippen LogP contribution in [0, 0.1) is 0 Å². The number of fused-ring (bicyclic) bond motifs is 1. The number of halogens is 1. The molecule has 3 nitrogen and oxygen atoms in total. The molecule has 0 atom stereocenters. The van der Waals surface area contributed by atoms with E-state index >= 15 is 0 Å². The van der Waals surface area contributed by atoms with E-state index in [1.807, 2.05) is 18.2 Å². The second kappa shape index (κ2) is 4.27. The Morgan fingerprint density at radius 1 is 1.17 bits per heavy atom. The van der Waals surface area contributed by atoms with Crippen LogP contribution in [0.2, 0.25) is 5.22 Å². The topological polar surface area (TPSA) is 43.1 Å². The highest BCUT2D eigenvalue weighted by Gasteiger charge is 2.17. The van der Waals surface area contributed by atoms with Crippen molar-refractivity contribution in [2.24, 2.45) is 0 Å².